The zero-order valence-electron chi connectivity index (χ0n) is 6.82. The third kappa shape index (κ3) is 10.0. The molecular weight excluding hydrogens is 168 g/mol. The van der Waals surface area contributed by atoms with Crippen molar-refractivity contribution in [1.29, 1.82) is 0 Å². The number of rotatable bonds is 2. The average molecular weight is 176 g/mol. The minimum Gasteiger partial charge on any atom is -0.478 e. The first-order valence-corrected chi connectivity index (χ1v) is 3.43. The molecule has 3 nitrogen and oxygen atoms in total. The standard InChI is InChI=1S/C10H8O3/c11-9-7-5-3-1-2-4-6-8-10(12)13/h5-8,11H,9H2,(H,12,13)/b7-5-,8-6-. The first-order valence-electron chi connectivity index (χ1n) is 3.43. The average Bonchev–Trinajstić information content (AvgIpc) is 2.09. The zero-order valence-corrected chi connectivity index (χ0v) is 6.82. The van der Waals surface area contributed by atoms with Crippen molar-refractivity contribution >= 4 is 5.97 Å². The first-order chi connectivity index (χ1) is 6.27. The summed E-state index contributed by atoms with van der Waals surface area (Å²) in [6.45, 7) is -0.0545. The highest BCUT2D eigenvalue weighted by Crippen LogP contribution is 1.69. The first kappa shape index (κ1) is 11.0. The molecule has 0 aliphatic rings. The molecule has 13 heavy (non-hydrogen) atoms. The van der Waals surface area contributed by atoms with Crippen molar-refractivity contribution in [2.45, 2.75) is 0 Å². The Morgan fingerprint density at radius 2 is 1.85 bits per heavy atom. The molecule has 0 bridgehead atoms. The zero-order chi connectivity index (χ0) is 9.94. The normalized spacial score (nSPS) is 9.00. The molecule has 0 saturated heterocycles. The van der Waals surface area contributed by atoms with E-state index in [1.54, 1.807) is 0 Å². The van der Waals surface area contributed by atoms with E-state index in [0.29, 0.717) is 0 Å². The minimum absolute atomic E-state index is 0.0545. The van der Waals surface area contributed by atoms with E-state index in [1.165, 1.54) is 18.2 Å². The molecule has 0 saturated carbocycles. The highest BCUT2D eigenvalue weighted by Gasteiger charge is 1.78. The van der Waals surface area contributed by atoms with Gasteiger partial charge in [-0.2, -0.15) is 0 Å². The summed E-state index contributed by atoms with van der Waals surface area (Å²) in [4.78, 5) is 9.94. The molecule has 66 valence electrons. The summed E-state index contributed by atoms with van der Waals surface area (Å²) in [7, 11) is 0. The molecule has 0 heterocycles. The van der Waals surface area contributed by atoms with Crippen LogP contribution >= 0.6 is 0 Å². The van der Waals surface area contributed by atoms with Crippen molar-refractivity contribution in [2.24, 2.45) is 0 Å². The molecule has 0 aromatic carbocycles. The van der Waals surface area contributed by atoms with Gasteiger partial charge in [-0.3, -0.25) is 0 Å². The molecule has 0 spiro atoms. The van der Waals surface area contributed by atoms with Crippen molar-refractivity contribution < 1.29 is 15.0 Å². The van der Waals surface area contributed by atoms with Crippen LogP contribution in [-0.2, 0) is 4.79 Å². The number of aliphatic hydroxyl groups is 1. The molecule has 0 aromatic heterocycles. The Morgan fingerprint density at radius 3 is 2.38 bits per heavy atom. The van der Waals surface area contributed by atoms with Gasteiger partial charge in [0.1, 0.15) is 0 Å². The lowest BCUT2D eigenvalue weighted by molar-refractivity contribution is -0.131. The van der Waals surface area contributed by atoms with Crippen LogP contribution in [0, 0.1) is 23.7 Å². The van der Waals surface area contributed by atoms with E-state index < -0.39 is 5.97 Å². The minimum atomic E-state index is -1.04. The van der Waals surface area contributed by atoms with E-state index in [-0.39, 0.29) is 6.61 Å². The largest absolute Gasteiger partial charge is 0.478 e. The van der Waals surface area contributed by atoms with Crippen LogP contribution in [0.5, 0.6) is 0 Å². The highest BCUT2D eigenvalue weighted by molar-refractivity contribution is 5.80. The predicted octanol–water partition coefficient (Wildman–Crippen LogP) is 0.182. The van der Waals surface area contributed by atoms with Crippen LogP contribution in [0.2, 0.25) is 0 Å². The predicted molar refractivity (Wildman–Crippen MR) is 48.6 cm³/mol. The fourth-order valence-electron chi connectivity index (χ4n) is 0.380. The number of aliphatic carboxylic acids is 1. The van der Waals surface area contributed by atoms with Crippen LogP contribution in [0.25, 0.3) is 0 Å². The second kappa shape index (κ2) is 8.13. The Bertz CT molecular complexity index is 329. The van der Waals surface area contributed by atoms with E-state index in [2.05, 4.69) is 23.7 Å². The second-order valence-electron chi connectivity index (χ2n) is 1.80. The quantitative estimate of drug-likeness (QED) is 0.466. The van der Waals surface area contributed by atoms with Gasteiger partial charge in [0.25, 0.3) is 0 Å². The molecule has 0 atom stereocenters. The van der Waals surface area contributed by atoms with Gasteiger partial charge in [0.15, 0.2) is 0 Å². The topological polar surface area (TPSA) is 57.5 Å². The lowest BCUT2D eigenvalue weighted by Gasteiger charge is -1.70. The highest BCUT2D eigenvalue weighted by atomic mass is 16.4. The van der Waals surface area contributed by atoms with Gasteiger partial charge >= 0.3 is 5.97 Å². The summed E-state index contributed by atoms with van der Waals surface area (Å²) in [5, 5.41) is 16.5. The Kier molecular flexibility index (Phi) is 6.90. The molecule has 0 aromatic rings. The van der Waals surface area contributed by atoms with Gasteiger partial charge in [-0.05, 0) is 24.0 Å². The SMILES string of the molecule is O=C(O)/C=C\C#CC#C/C=C\CO. The van der Waals surface area contributed by atoms with Crippen LogP contribution in [-0.4, -0.2) is 22.8 Å². The van der Waals surface area contributed by atoms with Crippen molar-refractivity contribution in [1.82, 2.24) is 0 Å². The van der Waals surface area contributed by atoms with Gasteiger partial charge in [0, 0.05) is 6.08 Å². The number of carboxylic acid groups (broad SMARTS) is 1. The molecule has 3 heteroatoms. The van der Waals surface area contributed by atoms with E-state index in [0.717, 1.165) is 6.08 Å². The molecule has 0 rings (SSSR count). The summed E-state index contributed by atoms with van der Waals surface area (Å²) in [6.07, 6.45) is 5.07. The molecular formula is C10H8O3. The van der Waals surface area contributed by atoms with Crippen molar-refractivity contribution in [3.05, 3.63) is 24.3 Å². The van der Waals surface area contributed by atoms with Gasteiger partial charge < -0.3 is 10.2 Å². The van der Waals surface area contributed by atoms with Crippen LogP contribution in [0.1, 0.15) is 0 Å². The van der Waals surface area contributed by atoms with Crippen LogP contribution < -0.4 is 0 Å². The molecule has 0 amide bonds. The maximum Gasteiger partial charge on any atom is 0.328 e. The van der Waals surface area contributed by atoms with Gasteiger partial charge in [-0.1, -0.05) is 17.9 Å². The molecule has 0 radical (unpaired) electrons. The van der Waals surface area contributed by atoms with Gasteiger partial charge in [0.2, 0.25) is 0 Å². The van der Waals surface area contributed by atoms with Gasteiger partial charge in [-0.25, -0.2) is 4.79 Å². The molecule has 0 fully saturated rings. The molecule has 0 aliphatic carbocycles. The smallest absolute Gasteiger partial charge is 0.328 e. The number of allylic oxidation sites excluding steroid dienone is 2. The lowest BCUT2D eigenvalue weighted by atomic mass is 10.4. The van der Waals surface area contributed by atoms with E-state index in [1.807, 2.05) is 0 Å². The third-order valence-electron chi connectivity index (χ3n) is 0.823. The Balaban J connectivity index is 3.90. The van der Waals surface area contributed by atoms with Gasteiger partial charge in [0.05, 0.1) is 6.61 Å². The Hall–Kier alpha value is -1.97. The second-order valence-corrected chi connectivity index (χ2v) is 1.80. The summed E-state index contributed by atoms with van der Waals surface area (Å²) in [5.41, 5.74) is 0. The maximum atomic E-state index is 9.94. The third-order valence-corrected chi connectivity index (χ3v) is 0.823. The van der Waals surface area contributed by atoms with Crippen molar-refractivity contribution in [3.63, 3.8) is 0 Å². The number of hydrogen-bond donors (Lipinski definition) is 2. The van der Waals surface area contributed by atoms with E-state index in [9.17, 15) is 4.79 Å². The maximum absolute atomic E-state index is 9.94. The number of hydrogen-bond acceptors (Lipinski definition) is 2. The summed E-state index contributed by atoms with van der Waals surface area (Å²) >= 11 is 0. The Labute approximate surface area is 76.4 Å². The van der Waals surface area contributed by atoms with E-state index in [4.69, 9.17) is 10.2 Å². The van der Waals surface area contributed by atoms with Crippen LogP contribution in [0.4, 0.5) is 0 Å². The van der Waals surface area contributed by atoms with Gasteiger partial charge in [-0.15, -0.1) is 0 Å². The van der Waals surface area contributed by atoms with Crippen LogP contribution in [0.15, 0.2) is 24.3 Å². The van der Waals surface area contributed by atoms with Crippen molar-refractivity contribution in [3.8, 4) is 23.7 Å². The monoisotopic (exact) mass is 176 g/mol. The number of aliphatic hydroxyl groups excluding tert-OH is 1. The summed E-state index contributed by atoms with van der Waals surface area (Å²) in [6, 6.07) is 0. The van der Waals surface area contributed by atoms with E-state index >= 15 is 0 Å². The Morgan fingerprint density at radius 1 is 1.23 bits per heavy atom. The molecule has 0 aliphatic heterocycles. The lowest BCUT2D eigenvalue weighted by Crippen LogP contribution is -1.84. The number of carboxylic acids is 1. The molecule has 0 unspecified atom stereocenters. The summed E-state index contributed by atoms with van der Waals surface area (Å²) in [5.74, 6) is 8.75. The summed E-state index contributed by atoms with van der Waals surface area (Å²) < 4.78 is 0. The van der Waals surface area contributed by atoms with Crippen molar-refractivity contribution in [2.75, 3.05) is 6.61 Å². The molecule has 2 N–H and O–H groups in total. The fourth-order valence-corrected chi connectivity index (χ4v) is 0.380. The number of carbonyl (C=O) groups is 1. The fraction of sp³-hybridized carbons (Fsp3) is 0.100. The van der Waals surface area contributed by atoms with Crippen LogP contribution in [0.3, 0.4) is 0 Å².